The van der Waals surface area contributed by atoms with E-state index in [2.05, 4.69) is 35.7 Å². The van der Waals surface area contributed by atoms with Crippen LogP contribution < -0.4 is 0 Å². The Hall–Kier alpha value is -2.43. The summed E-state index contributed by atoms with van der Waals surface area (Å²) in [5.74, 6) is -0.273. The topological polar surface area (TPSA) is 49.8 Å². The van der Waals surface area contributed by atoms with Crippen LogP contribution in [0.2, 0.25) is 0 Å². The van der Waals surface area contributed by atoms with Crippen LogP contribution in [0.4, 0.5) is 0 Å². The molecule has 0 amide bonds. The average molecular weight is 400 g/mol. The number of esters is 1. The number of hydrogen-bond donors (Lipinski definition) is 1. The first-order chi connectivity index (χ1) is 14.0. The number of benzene rings is 2. The van der Waals surface area contributed by atoms with Crippen molar-refractivity contribution in [2.75, 3.05) is 19.8 Å². The van der Waals surface area contributed by atoms with Gasteiger partial charge in [-0.3, -0.25) is 9.69 Å². The molecule has 0 aromatic heterocycles. The molecular weight excluding hydrogens is 362 g/mol. The number of rotatable bonds is 9. The van der Waals surface area contributed by atoms with Crippen LogP contribution in [0.5, 0.6) is 0 Å². The largest absolute Gasteiger partial charge is 0.463 e. The standard InChI is InChI=1S/C19H23NO3.C4H8.C2H6/c21-13-14-23-19(22)11-12-20(15-17-7-3-1-4-8-17)16-18-9-5-2-6-10-18;1-4(2)3;1-2/h1-10,21H,11-16H2;1H2,2-3H3;1-2H3. The summed E-state index contributed by atoms with van der Waals surface area (Å²) in [6.45, 7) is 13.6. The van der Waals surface area contributed by atoms with Crippen molar-refractivity contribution in [1.29, 1.82) is 0 Å². The molecule has 0 radical (unpaired) electrons. The van der Waals surface area contributed by atoms with Crippen molar-refractivity contribution >= 4 is 5.97 Å². The van der Waals surface area contributed by atoms with E-state index in [1.54, 1.807) is 0 Å². The minimum atomic E-state index is -0.273. The van der Waals surface area contributed by atoms with Gasteiger partial charge >= 0.3 is 5.97 Å². The van der Waals surface area contributed by atoms with E-state index in [1.165, 1.54) is 16.7 Å². The van der Waals surface area contributed by atoms with Gasteiger partial charge in [0.05, 0.1) is 13.0 Å². The zero-order valence-electron chi connectivity index (χ0n) is 18.4. The van der Waals surface area contributed by atoms with Crippen molar-refractivity contribution < 1.29 is 14.6 Å². The molecule has 160 valence electrons. The molecule has 0 aliphatic heterocycles. The van der Waals surface area contributed by atoms with Gasteiger partial charge in [-0.1, -0.05) is 80.1 Å². The van der Waals surface area contributed by atoms with E-state index >= 15 is 0 Å². The van der Waals surface area contributed by atoms with Gasteiger partial charge in [-0.25, -0.2) is 0 Å². The van der Waals surface area contributed by atoms with Crippen molar-refractivity contribution in [3.8, 4) is 0 Å². The molecule has 0 saturated heterocycles. The molecule has 0 aliphatic carbocycles. The normalized spacial score (nSPS) is 9.59. The summed E-state index contributed by atoms with van der Waals surface area (Å²) in [5, 5.41) is 8.69. The van der Waals surface area contributed by atoms with E-state index in [0.717, 1.165) is 13.1 Å². The van der Waals surface area contributed by atoms with Crippen LogP contribution in [0.15, 0.2) is 72.8 Å². The van der Waals surface area contributed by atoms with Crippen molar-refractivity contribution in [2.45, 2.75) is 47.2 Å². The minimum Gasteiger partial charge on any atom is -0.463 e. The molecule has 29 heavy (non-hydrogen) atoms. The first-order valence-corrected chi connectivity index (χ1v) is 10.2. The highest BCUT2D eigenvalue weighted by Crippen LogP contribution is 2.10. The minimum absolute atomic E-state index is 0.0657. The Morgan fingerprint density at radius 1 is 0.931 bits per heavy atom. The Kier molecular flexibility index (Phi) is 16.2. The summed E-state index contributed by atoms with van der Waals surface area (Å²) < 4.78 is 4.93. The number of aliphatic hydroxyl groups is 1. The lowest BCUT2D eigenvalue weighted by molar-refractivity contribution is -0.145. The van der Waals surface area contributed by atoms with Crippen LogP contribution >= 0.6 is 0 Å². The zero-order chi connectivity index (χ0) is 21.9. The van der Waals surface area contributed by atoms with Crippen LogP contribution in [-0.4, -0.2) is 35.7 Å². The summed E-state index contributed by atoms with van der Waals surface area (Å²) in [4.78, 5) is 13.9. The van der Waals surface area contributed by atoms with Gasteiger partial charge in [-0.05, 0) is 25.0 Å². The molecule has 4 heteroatoms. The van der Waals surface area contributed by atoms with E-state index in [4.69, 9.17) is 9.84 Å². The molecule has 0 saturated carbocycles. The third-order valence-electron chi connectivity index (χ3n) is 3.48. The Labute approximate surface area is 176 Å². The highest BCUT2D eigenvalue weighted by Gasteiger charge is 2.10. The molecule has 4 nitrogen and oxygen atoms in total. The van der Waals surface area contributed by atoms with Gasteiger partial charge < -0.3 is 9.84 Å². The monoisotopic (exact) mass is 399 g/mol. The van der Waals surface area contributed by atoms with E-state index in [-0.39, 0.29) is 19.2 Å². The first-order valence-electron chi connectivity index (χ1n) is 10.2. The lowest BCUT2D eigenvalue weighted by Gasteiger charge is -2.22. The van der Waals surface area contributed by atoms with Gasteiger partial charge in [0.15, 0.2) is 0 Å². The number of carbonyl (C=O) groups excluding carboxylic acids is 1. The lowest BCUT2D eigenvalue weighted by atomic mass is 10.1. The number of carbonyl (C=O) groups is 1. The Morgan fingerprint density at radius 3 is 1.72 bits per heavy atom. The van der Waals surface area contributed by atoms with E-state index in [1.807, 2.05) is 64.1 Å². The van der Waals surface area contributed by atoms with Crippen molar-refractivity contribution in [3.63, 3.8) is 0 Å². The zero-order valence-corrected chi connectivity index (χ0v) is 18.4. The maximum atomic E-state index is 11.7. The fourth-order valence-electron chi connectivity index (χ4n) is 2.38. The second-order valence-electron chi connectivity index (χ2n) is 6.58. The Morgan fingerprint density at radius 2 is 1.34 bits per heavy atom. The van der Waals surface area contributed by atoms with Crippen molar-refractivity contribution in [1.82, 2.24) is 4.90 Å². The first kappa shape index (κ1) is 26.6. The molecule has 1 N–H and O–H groups in total. The quantitative estimate of drug-likeness (QED) is 0.464. The smallest absolute Gasteiger partial charge is 0.307 e. The van der Waals surface area contributed by atoms with Crippen LogP contribution in [0.25, 0.3) is 0 Å². The Bertz CT molecular complexity index is 611. The summed E-state index contributed by atoms with van der Waals surface area (Å²) in [6, 6.07) is 20.4. The van der Waals surface area contributed by atoms with E-state index in [0.29, 0.717) is 13.0 Å². The van der Waals surface area contributed by atoms with Gasteiger partial charge in [0.2, 0.25) is 0 Å². The fraction of sp³-hybridized carbons (Fsp3) is 0.400. The number of hydrogen-bond acceptors (Lipinski definition) is 4. The molecule has 2 aromatic carbocycles. The van der Waals surface area contributed by atoms with Crippen LogP contribution in [0.3, 0.4) is 0 Å². The summed E-state index contributed by atoms with van der Waals surface area (Å²) in [6.07, 6.45) is 0.319. The molecule has 2 aromatic rings. The number of allylic oxidation sites excluding steroid dienone is 1. The Balaban J connectivity index is 0.00000116. The highest BCUT2D eigenvalue weighted by atomic mass is 16.5. The lowest BCUT2D eigenvalue weighted by Crippen LogP contribution is -2.26. The van der Waals surface area contributed by atoms with Crippen molar-refractivity contribution in [3.05, 3.63) is 83.9 Å². The van der Waals surface area contributed by atoms with Crippen LogP contribution in [0.1, 0.15) is 45.2 Å². The average Bonchev–Trinajstić information content (AvgIpc) is 2.73. The third kappa shape index (κ3) is 15.2. The molecule has 0 bridgehead atoms. The van der Waals surface area contributed by atoms with Gasteiger partial charge in [0.25, 0.3) is 0 Å². The fourth-order valence-corrected chi connectivity index (χ4v) is 2.38. The number of nitrogens with zero attached hydrogens (tertiary/aromatic N) is 1. The van der Waals surface area contributed by atoms with Gasteiger partial charge in [0, 0.05) is 19.6 Å². The second kappa shape index (κ2) is 17.7. The van der Waals surface area contributed by atoms with Crippen molar-refractivity contribution in [2.24, 2.45) is 0 Å². The number of ether oxygens (including phenoxy) is 1. The molecular formula is C25H37NO3. The number of aliphatic hydroxyl groups excluding tert-OH is 1. The summed E-state index contributed by atoms with van der Waals surface area (Å²) >= 11 is 0. The van der Waals surface area contributed by atoms with Gasteiger partial charge in [-0.15, -0.1) is 6.58 Å². The van der Waals surface area contributed by atoms with Crippen LogP contribution in [-0.2, 0) is 22.6 Å². The molecule has 0 heterocycles. The van der Waals surface area contributed by atoms with Crippen LogP contribution in [0, 0.1) is 0 Å². The molecule has 0 unspecified atom stereocenters. The molecule has 0 fully saturated rings. The van der Waals surface area contributed by atoms with E-state index < -0.39 is 0 Å². The summed E-state index contributed by atoms with van der Waals surface area (Å²) in [7, 11) is 0. The maximum absolute atomic E-state index is 11.7. The molecule has 2 rings (SSSR count). The summed E-state index contributed by atoms with van der Waals surface area (Å²) in [5.41, 5.74) is 3.60. The molecule has 0 spiro atoms. The van der Waals surface area contributed by atoms with Gasteiger partial charge in [0.1, 0.15) is 6.61 Å². The van der Waals surface area contributed by atoms with Gasteiger partial charge in [-0.2, -0.15) is 0 Å². The predicted molar refractivity (Wildman–Crippen MR) is 121 cm³/mol. The maximum Gasteiger partial charge on any atom is 0.307 e. The molecule has 0 atom stereocenters. The predicted octanol–water partition coefficient (Wildman–Crippen LogP) is 5.22. The second-order valence-corrected chi connectivity index (χ2v) is 6.58. The SMILES string of the molecule is C=C(C)C.CC.O=C(CCN(Cc1ccccc1)Cc1ccccc1)OCCO. The third-order valence-corrected chi connectivity index (χ3v) is 3.48. The molecule has 0 aliphatic rings. The van der Waals surface area contributed by atoms with E-state index in [9.17, 15) is 4.79 Å². The highest BCUT2D eigenvalue weighted by molar-refractivity contribution is 5.69.